The number of rotatable bonds is 9. The van der Waals surface area contributed by atoms with Crippen LogP contribution in [0.15, 0.2) is 67.0 Å². The molecule has 7 heteroatoms. The van der Waals surface area contributed by atoms with E-state index in [4.69, 9.17) is 0 Å². The van der Waals surface area contributed by atoms with Crippen molar-refractivity contribution >= 4 is 11.9 Å². The highest BCUT2D eigenvalue weighted by Crippen LogP contribution is 2.09. The first kappa shape index (κ1) is 21.1. The molecule has 3 amide bonds. The molecule has 1 heterocycles. The third-order valence-electron chi connectivity index (χ3n) is 4.60. The molecular formula is C23H27N5O2. The topological polar surface area (TPSA) is 88.1 Å². The molecule has 0 aliphatic carbocycles. The Bertz CT molecular complexity index is 951. The van der Waals surface area contributed by atoms with Gasteiger partial charge in [0.15, 0.2) is 0 Å². The molecule has 0 saturated heterocycles. The van der Waals surface area contributed by atoms with Crippen molar-refractivity contribution in [2.45, 2.75) is 32.9 Å². The Kier molecular flexibility index (Phi) is 7.60. The molecule has 30 heavy (non-hydrogen) atoms. The van der Waals surface area contributed by atoms with Crippen LogP contribution in [0.3, 0.4) is 0 Å². The zero-order valence-corrected chi connectivity index (χ0v) is 17.1. The Morgan fingerprint density at radius 1 is 0.867 bits per heavy atom. The second-order valence-electron chi connectivity index (χ2n) is 7.07. The van der Waals surface area contributed by atoms with Crippen LogP contribution in [0.4, 0.5) is 4.79 Å². The molecule has 0 saturated carbocycles. The third-order valence-corrected chi connectivity index (χ3v) is 4.60. The number of hydrogen-bond acceptors (Lipinski definition) is 3. The summed E-state index contributed by atoms with van der Waals surface area (Å²) in [5, 5.41) is 12.9. The number of carbonyl (C=O) groups is 2. The number of carbonyl (C=O) groups excluding carboxylic acids is 2. The SMILES string of the molecule is CC(=O)NCc1ccc(CNC(=O)NCCCc2cnn(-c3ccccc3)c2)cc1. The Labute approximate surface area is 176 Å². The first-order valence-electron chi connectivity index (χ1n) is 10.0. The monoisotopic (exact) mass is 405 g/mol. The Hall–Kier alpha value is -3.61. The van der Waals surface area contributed by atoms with Gasteiger partial charge >= 0.3 is 6.03 Å². The van der Waals surface area contributed by atoms with E-state index in [1.807, 2.05) is 71.7 Å². The Morgan fingerprint density at radius 3 is 2.20 bits per heavy atom. The molecule has 0 fully saturated rings. The van der Waals surface area contributed by atoms with Gasteiger partial charge in [-0.15, -0.1) is 0 Å². The molecule has 0 bridgehead atoms. The van der Waals surface area contributed by atoms with E-state index in [0.717, 1.165) is 35.2 Å². The molecule has 0 atom stereocenters. The summed E-state index contributed by atoms with van der Waals surface area (Å²) < 4.78 is 1.86. The third kappa shape index (κ3) is 6.77. The van der Waals surface area contributed by atoms with Crippen LogP contribution in [0.25, 0.3) is 5.69 Å². The van der Waals surface area contributed by atoms with Gasteiger partial charge < -0.3 is 16.0 Å². The lowest BCUT2D eigenvalue weighted by Crippen LogP contribution is -2.35. The number of amides is 3. The fourth-order valence-electron chi connectivity index (χ4n) is 2.95. The van der Waals surface area contributed by atoms with Crippen LogP contribution >= 0.6 is 0 Å². The smallest absolute Gasteiger partial charge is 0.315 e. The molecule has 3 aromatic rings. The average Bonchev–Trinajstić information content (AvgIpc) is 3.24. The van der Waals surface area contributed by atoms with Crippen LogP contribution in [0.1, 0.15) is 30.0 Å². The minimum absolute atomic E-state index is 0.0533. The molecule has 2 aromatic carbocycles. The Morgan fingerprint density at radius 2 is 1.53 bits per heavy atom. The molecule has 0 aliphatic rings. The van der Waals surface area contributed by atoms with Crippen molar-refractivity contribution < 1.29 is 9.59 Å². The fraction of sp³-hybridized carbons (Fsp3) is 0.261. The van der Waals surface area contributed by atoms with Crippen molar-refractivity contribution in [3.05, 3.63) is 83.7 Å². The molecule has 1 aromatic heterocycles. The van der Waals surface area contributed by atoms with Crippen molar-refractivity contribution in [1.82, 2.24) is 25.7 Å². The molecular weight excluding hydrogens is 378 g/mol. The summed E-state index contributed by atoms with van der Waals surface area (Å²) in [6, 6.07) is 17.6. The van der Waals surface area contributed by atoms with Crippen LogP contribution in [0.5, 0.6) is 0 Å². The summed E-state index contributed by atoms with van der Waals surface area (Å²) in [5.41, 5.74) is 4.20. The van der Waals surface area contributed by atoms with Gasteiger partial charge in [0.25, 0.3) is 0 Å². The number of urea groups is 1. The maximum atomic E-state index is 12.0. The van der Waals surface area contributed by atoms with E-state index in [1.165, 1.54) is 6.92 Å². The summed E-state index contributed by atoms with van der Waals surface area (Å²) in [4.78, 5) is 22.9. The quantitative estimate of drug-likeness (QED) is 0.478. The number of nitrogens with zero attached hydrogens (tertiary/aromatic N) is 2. The highest BCUT2D eigenvalue weighted by molar-refractivity contribution is 5.73. The van der Waals surface area contributed by atoms with E-state index in [1.54, 1.807) is 0 Å². The lowest BCUT2D eigenvalue weighted by molar-refractivity contribution is -0.119. The second kappa shape index (κ2) is 10.8. The molecule has 156 valence electrons. The van der Waals surface area contributed by atoms with Gasteiger partial charge in [0.05, 0.1) is 11.9 Å². The number of aryl methyl sites for hydroxylation is 1. The van der Waals surface area contributed by atoms with Gasteiger partial charge in [-0.05, 0) is 41.7 Å². The lowest BCUT2D eigenvalue weighted by Gasteiger charge is -2.08. The molecule has 7 nitrogen and oxygen atoms in total. The van der Waals surface area contributed by atoms with E-state index < -0.39 is 0 Å². The molecule has 0 aliphatic heterocycles. The van der Waals surface area contributed by atoms with Crippen LogP contribution < -0.4 is 16.0 Å². The van der Waals surface area contributed by atoms with Gasteiger partial charge in [0.1, 0.15) is 0 Å². The summed E-state index contributed by atoms with van der Waals surface area (Å²) in [7, 11) is 0. The van der Waals surface area contributed by atoms with Gasteiger partial charge in [0.2, 0.25) is 5.91 Å². The summed E-state index contributed by atoms with van der Waals surface area (Å²) in [6.07, 6.45) is 5.57. The van der Waals surface area contributed by atoms with Gasteiger partial charge in [-0.1, -0.05) is 42.5 Å². The predicted molar refractivity (Wildman–Crippen MR) is 116 cm³/mol. The number of benzene rings is 2. The standard InChI is InChI=1S/C23H27N5O2/c1-18(29)25-14-19-9-11-20(12-10-19)15-26-23(30)24-13-5-6-21-16-27-28(17-21)22-7-3-2-4-8-22/h2-4,7-12,16-17H,5-6,13-15H2,1H3,(H,25,29)(H2,24,26,30). The average molecular weight is 406 g/mol. The van der Waals surface area contributed by atoms with E-state index in [-0.39, 0.29) is 11.9 Å². The van der Waals surface area contributed by atoms with Gasteiger partial charge in [-0.3, -0.25) is 4.79 Å². The predicted octanol–water partition coefficient (Wildman–Crippen LogP) is 2.94. The minimum Gasteiger partial charge on any atom is -0.352 e. The molecule has 0 unspecified atom stereocenters. The Balaban J connectivity index is 1.32. The van der Waals surface area contributed by atoms with Crippen molar-refractivity contribution in [1.29, 1.82) is 0 Å². The lowest BCUT2D eigenvalue weighted by atomic mass is 10.1. The van der Waals surface area contributed by atoms with Crippen molar-refractivity contribution in [2.75, 3.05) is 6.54 Å². The summed E-state index contributed by atoms with van der Waals surface area (Å²) >= 11 is 0. The number of hydrogen-bond donors (Lipinski definition) is 3. The molecule has 0 spiro atoms. The first-order valence-corrected chi connectivity index (χ1v) is 10.0. The highest BCUT2D eigenvalue weighted by atomic mass is 16.2. The zero-order chi connectivity index (χ0) is 21.2. The van der Waals surface area contributed by atoms with E-state index >= 15 is 0 Å². The van der Waals surface area contributed by atoms with Crippen LogP contribution in [-0.2, 0) is 24.3 Å². The summed E-state index contributed by atoms with van der Waals surface area (Å²) in [5.74, 6) is -0.0533. The van der Waals surface area contributed by atoms with E-state index in [2.05, 4.69) is 21.0 Å². The maximum Gasteiger partial charge on any atom is 0.315 e. The number of aromatic nitrogens is 2. The number of nitrogens with one attached hydrogen (secondary N) is 3. The molecule has 3 rings (SSSR count). The van der Waals surface area contributed by atoms with Crippen molar-refractivity contribution in [3.8, 4) is 5.69 Å². The largest absolute Gasteiger partial charge is 0.352 e. The van der Waals surface area contributed by atoms with E-state index in [9.17, 15) is 9.59 Å². The van der Waals surface area contributed by atoms with Gasteiger partial charge in [0, 0.05) is 32.8 Å². The van der Waals surface area contributed by atoms with Gasteiger partial charge in [-0.2, -0.15) is 5.10 Å². The molecule has 0 radical (unpaired) electrons. The van der Waals surface area contributed by atoms with Gasteiger partial charge in [-0.25, -0.2) is 9.48 Å². The van der Waals surface area contributed by atoms with Crippen molar-refractivity contribution in [3.63, 3.8) is 0 Å². The summed E-state index contributed by atoms with van der Waals surface area (Å²) in [6.45, 7) is 3.05. The fourth-order valence-corrected chi connectivity index (χ4v) is 2.95. The minimum atomic E-state index is -0.183. The van der Waals surface area contributed by atoms with Crippen LogP contribution in [0.2, 0.25) is 0 Å². The van der Waals surface area contributed by atoms with Crippen LogP contribution in [-0.4, -0.2) is 28.3 Å². The highest BCUT2D eigenvalue weighted by Gasteiger charge is 2.03. The van der Waals surface area contributed by atoms with Crippen molar-refractivity contribution in [2.24, 2.45) is 0 Å². The normalized spacial score (nSPS) is 10.4. The number of para-hydroxylation sites is 1. The molecule has 3 N–H and O–H groups in total. The maximum absolute atomic E-state index is 12.0. The van der Waals surface area contributed by atoms with Crippen LogP contribution in [0, 0.1) is 0 Å². The zero-order valence-electron chi connectivity index (χ0n) is 17.1. The van der Waals surface area contributed by atoms with E-state index in [0.29, 0.717) is 19.6 Å². The second-order valence-corrected chi connectivity index (χ2v) is 7.07. The first-order chi connectivity index (χ1) is 14.6.